The van der Waals surface area contributed by atoms with Crippen molar-refractivity contribution in [3.8, 4) is 11.5 Å². The molecule has 1 unspecified atom stereocenters. The Morgan fingerprint density at radius 1 is 1.09 bits per heavy atom. The van der Waals surface area contributed by atoms with Gasteiger partial charge in [0.2, 0.25) is 0 Å². The fourth-order valence-electron chi connectivity index (χ4n) is 3.78. The Hall–Kier alpha value is -3.03. The van der Waals surface area contributed by atoms with Gasteiger partial charge in [0.15, 0.2) is 0 Å². The van der Waals surface area contributed by atoms with E-state index < -0.39 is 17.7 Å². The van der Waals surface area contributed by atoms with E-state index in [1.54, 1.807) is 24.3 Å². The Balaban J connectivity index is 2.16. The minimum absolute atomic E-state index is 0.0252. The van der Waals surface area contributed by atoms with Crippen LogP contribution in [0.4, 0.5) is 0 Å². The van der Waals surface area contributed by atoms with Gasteiger partial charge in [0.1, 0.15) is 17.3 Å². The van der Waals surface area contributed by atoms with Crippen LogP contribution in [0.25, 0.3) is 5.76 Å². The minimum Gasteiger partial charge on any atom is -0.507 e. The maximum absolute atomic E-state index is 13.1. The molecule has 1 atom stereocenters. The third-order valence-electron chi connectivity index (χ3n) is 5.32. The predicted molar refractivity (Wildman–Crippen MR) is 128 cm³/mol. The molecule has 176 valence electrons. The van der Waals surface area contributed by atoms with Gasteiger partial charge in [-0.1, -0.05) is 23.7 Å². The van der Waals surface area contributed by atoms with E-state index >= 15 is 0 Å². The number of likely N-dealkylation sites (tertiary alicyclic amines) is 1. The average Bonchev–Trinajstić information content (AvgIpc) is 3.04. The molecule has 0 aromatic heterocycles. The summed E-state index contributed by atoms with van der Waals surface area (Å²) in [6.07, 6.45) is 0. The first-order valence-corrected chi connectivity index (χ1v) is 11.2. The summed E-state index contributed by atoms with van der Waals surface area (Å²) < 4.78 is 11.2. The topological polar surface area (TPSA) is 79.3 Å². The van der Waals surface area contributed by atoms with E-state index in [1.165, 1.54) is 4.90 Å². The monoisotopic (exact) mass is 472 g/mol. The maximum Gasteiger partial charge on any atom is 0.295 e. The van der Waals surface area contributed by atoms with Crippen molar-refractivity contribution < 1.29 is 24.2 Å². The summed E-state index contributed by atoms with van der Waals surface area (Å²) in [5, 5.41) is 11.6. The Morgan fingerprint density at radius 3 is 2.48 bits per heavy atom. The van der Waals surface area contributed by atoms with Crippen LogP contribution in [0.5, 0.6) is 11.5 Å². The molecule has 1 saturated heterocycles. The van der Waals surface area contributed by atoms with E-state index in [1.807, 2.05) is 51.0 Å². The van der Waals surface area contributed by atoms with E-state index in [4.69, 9.17) is 21.1 Å². The molecule has 2 aromatic rings. The molecule has 7 nitrogen and oxygen atoms in total. The summed E-state index contributed by atoms with van der Waals surface area (Å²) in [4.78, 5) is 29.6. The van der Waals surface area contributed by atoms with Gasteiger partial charge in [0.05, 0.1) is 29.9 Å². The quantitative estimate of drug-likeness (QED) is 0.336. The molecule has 33 heavy (non-hydrogen) atoms. The maximum atomic E-state index is 13.1. The van der Waals surface area contributed by atoms with Crippen molar-refractivity contribution in [2.24, 2.45) is 0 Å². The van der Waals surface area contributed by atoms with Gasteiger partial charge >= 0.3 is 0 Å². The smallest absolute Gasteiger partial charge is 0.295 e. The average molecular weight is 473 g/mol. The van der Waals surface area contributed by atoms with Gasteiger partial charge in [-0.05, 0) is 63.8 Å². The number of carbonyl (C=O) groups is 2. The number of nitrogens with zero attached hydrogens (tertiary/aromatic N) is 2. The van der Waals surface area contributed by atoms with Crippen molar-refractivity contribution in [2.45, 2.75) is 19.9 Å². The van der Waals surface area contributed by atoms with Gasteiger partial charge in [-0.3, -0.25) is 9.59 Å². The van der Waals surface area contributed by atoms with Crippen LogP contribution < -0.4 is 9.47 Å². The summed E-state index contributed by atoms with van der Waals surface area (Å²) in [5.41, 5.74) is 1.05. The lowest BCUT2D eigenvalue weighted by Gasteiger charge is -2.27. The highest BCUT2D eigenvalue weighted by molar-refractivity contribution is 6.46. The van der Waals surface area contributed by atoms with Crippen LogP contribution in [0.3, 0.4) is 0 Å². The molecule has 1 fully saturated rings. The standard InChI is InChI=1S/C25H29ClN2O5/c1-5-32-18-9-7-8-16(14-18)22-21(24(30)25(31)28(22)13-12-27(3)4)23(29)17-10-11-19(26)20(15-17)33-6-2/h7-11,14-15,22,29H,5-6,12-13H2,1-4H3/b23-21-. The van der Waals surface area contributed by atoms with Crippen LogP contribution in [0.1, 0.15) is 31.0 Å². The van der Waals surface area contributed by atoms with Gasteiger partial charge in [-0.25, -0.2) is 0 Å². The number of ether oxygens (including phenoxy) is 2. The van der Waals surface area contributed by atoms with Gasteiger partial charge in [-0.2, -0.15) is 0 Å². The number of likely N-dealkylation sites (N-methyl/N-ethyl adjacent to an activating group) is 1. The zero-order valence-corrected chi connectivity index (χ0v) is 20.1. The summed E-state index contributed by atoms with van der Waals surface area (Å²) in [6, 6.07) is 11.2. The van der Waals surface area contributed by atoms with E-state index in [0.717, 1.165) is 0 Å². The van der Waals surface area contributed by atoms with Gasteiger partial charge < -0.3 is 24.4 Å². The molecule has 1 amide bonds. The summed E-state index contributed by atoms with van der Waals surface area (Å²) in [7, 11) is 3.79. The van der Waals surface area contributed by atoms with Crippen LogP contribution in [-0.2, 0) is 9.59 Å². The van der Waals surface area contributed by atoms with E-state index in [2.05, 4.69) is 0 Å². The highest BCUT2D eigenvalue weighted by Gasteiger charge is 2.46. The van der Waals surface area contributed by atoms with Gasteiger partial charge in [-0.15, -0.1) is 0 Å². The minimum atomic E-state index is -0.753. The van der Waals surface area contributed by atoms with Crippen LogP contribution in [0, 0.1) is 0 Å². The molecular formula is C25H29ClN2O5. The molecular weight excluding hydrogens is 444 g/mol. The molecule has 0 spiro atoms. The van der Waals surface area contributed by atoms with Gasteiger partial charge in [0.25, 0.3) is 11.7 Å². The first-order valence-electron chi connectivity index (χ1n) is 10.9. The zero-order valence-electron chi connectivity index (χ0n) is 19.3. The van der Waals surface area contributed by atoms with Crippen LogP contribution >= 0.6 is 11.6 Å². The molecule has 0 aliphatic carbocycles. The fraction of sp³-hybridized carbons (Fsp3) is 0.360. The highest BCUT2D eigenvalue weighted by Crippen LogP contribution is 2.41. The van der Waals surface area contributed by atoms with Crippen LogP contribution in [0.15, 0.2) is 48.0 Å². The number of carbonyl (C=O) groups excluding carboxylic acids is 2. The number of halogens is 1. The summed E-state index contributed by atoms with van der Waals surface area (Å²) >= 11 is 6.19. The van der Waals surface area contributed by atoms with Gasteiger partial charge in [0, 0.05) is 18.7 Å². The van der Waals surface area contributed by atoms with Crippen molar-refractivity contribution in [1.29, 1.82) is 0 Å². The number of benzene rings is 2. The number of Topliss-reactive ketones (excluding diaryl/α,β-unsaturated/α-hetero) is 1. The van der Waals surface area contributed by atoms with Crippen molar-refractivity contribution in [3.63, 3.8) is 0 Å². The summed E-state index contributed by atoms with van der Waals surface area (Å²) in [6.45, 7) is 5.46. The SMILES string of the molecule is CCOc1cccc(C2/C(=C(/O)c3ccc(Cl)c(OCC)c3)C(=O)C(=O)N2CCN(C)C)c1. The number of aliphatic hydroxyl groups is 1. The molecule has 0 saturated carbocycles. The van der Waals surface area contributed by atoms with Crippen molar-refractivity contribution in [1.82, 2.24) is 9.80 Å². The first-order chi connectivity index (χ1) is 15.8. The molecule has 8 heteroatoms. The largest absolute Gasteiger partial charge is 0.507 e. The molecule has 0 radical (unpaired) electrons. The molecule has 1 heterocycles. The normalized spacial score (nSPS) is 17.6. The Kier molecular flexibility index (Phi) is 8.00. The lowest BCUT2D eigenvalue weighted by Crippen LogP contribution is -2.35. The first kappa shape index (κ1) is 24.6. The molecule has 3 rings (SSSR count). The molecule has 0 bridgehead atoms. The van der Waals surface area contributed by atoms with E-state index in [9.17, 15) is 14.7 Å². The van der Waals surface area contributed by atoms with Crippen molar-refractivity contribution in [3.05, 3.63) is 64.2 Å². The number of amides is 1. The second kappa shape index (κ2) is 10.7. The molecule has 2 aromatic carbocycles. The second-order valence-electron chi connectivity index (χ2n) is 7.88. The number of hydrogen-bond acceptors (Lipinski definition) is 6. The molecule has 1 N–H and O–H groups in total. The second-order valence-corrected chi connectivity index (χ2v) is 8.29. The Morgan fingerprint density at radius 2 is 1.82 bits per heavy atom. The number of hydrogen-bond donors (Lipinski definition) is 1. The summed E-state index contributed by atoms with van der Waals surface area (Å²) in [5.74, 6) is -0.640. The highest BCUT2D eigenvalue weighted by atomic mass is 35.5. The zero-order chi connectivity index (χ0) is 24.1. The lowest BCUT2D eigenvalue weighted by atomic mass is 9.95. The number of aliphatic hydroxyl groups excluding tert-OH is 1. The van der Waals surface area contributed by atoms with Crippen molar-refractivity contribution >= 4 is 29.1 Å². The van der Waals surface area contributed by atoms with Crippen LogP contribution in [0.2, 0.25) is 5.02 Å². The van der Waals surface area contributed by atoms with E-state index in [0.29, 0.717) is 54.0 Å². The fourth-order valence-corrected chi connectivity index (χ4v) is 3.95. The van der Waals surface area contributed by atoms with Crippen LogP contribution in [-0.4, -0.2) is 67.0 Å². The number of ketones is 1. The molecule has 1 aliphatic rings. The third kappa shape index (κ3) is 5.31. The Labute approximate surface area is 199 Å². The third-order valence-corrected chi connectivity index (χ3v) is 5.63. The Bertz CT molecular complexity index is 1070. The molecule has 1 aliphatic heterocycles. The van der Waals surface area contributed by atoms with E-state index in [-0.39, 0.29) is 11.3 Å². The predicted octanol–water partition coefficient (Wildman–Crippen LogP) is 4.12. The number of rotatable bonds is 9. The van der Waals surface area contributed by atoms with Crippen molar-refractivity contribution in [2.75, 3.05) is 40.4 Å². The lowest BCUT2D eigenvalue weighted by molar-refractivity contribution is -0.140.